The van der Waals surface area contributed by atoms with E-state index in [0.29, 0.717) is 12.8 Å². The van der Waals surface area contributed by atoms with Crippen LogP contribution in [0.5, 0.6) is 0 Å². The summed E-state index contributed by atoms with van der Waals surface area (Å²) in [6, 6.07) is 3.93. The molecule has 0 radical (unpaired) electrons. The van der Waals surface area contributed by atoms with Crippen LogP contribution in [-0.2, 0) is 23.9 Å². The van der Waals surface area contributed by atoms with Gasteiger partial charge in [-0.3, -0.25) is 19.3 Å². The second-order valence-electron chi connectivity index (χ2n) is 6.75. The lowest BCUT2D eigenvalue weighted by Gasteiger charge is -2.15. The van der Waals surface area contributed by atoms with Crippen LogP contribution in [0, 0.1) is 11.8 Å². The van der Waals surface area contributed by atoms with Crippen LogP contribution in [-0.4, -0.2) is 55.3 Å². The molecule has 1 aliphatic heterocycles. The van der Waals surface area contributed by atoms with Crippen molar-refractivity contribution in [3.05, 3.63) is 41.5 Å². The summed E-state index contributed by atoms with van der Waals surface area (Å²) in [4.78, 5) is 62.0. The molecule has 1 aliphatic carbocycles. The number of rotatable bonds is 5. The zero-order valence-electron chi connectivity index (χ0n) is 16.0. The zero-order chi connectivity index (χ0) is 21.1. The molecule has 9 nitrogen and oxygen atoms in total. The highest BCUT2D eigenvalue weighted by Gasteiger charge is 2.47. The van der Waals surface area contributed by atoms with Crippen LogP contribution in [0.4, 0.5) is 5.69 Å². The zero-order valence-corrected chi connectivity index (χ0v) is 16.0. The Morgan fingerprint density at radius 1 is 0.931 bits per heavy atom. The summed E-state index contributed by atoms with van der Waals surface area (Å²) in [7, 11) is 2.37. The molecule has 1 aromatic carbocycles. The van der Waals surface area contributed by atoms with Gasteiger partial charge < -0.3 is 14.8 Å². The van der Waals surface area contributed by atoms with Gasteiger partial charge in [-0.25, -0.2) is 9.59 Å². The highest BCUT2D eigenvalue weighted by atomic mass is 16.5. The molecule has 2 atom stereocenters. The van der Waals surface area contributed by atoms with Crippen LogP contribution in [0.3, 0.4) is 0 Å². The number of carbonyl (C=O) groups is 5. The molecule has 3 amide bonds. The molecular weight excluding hydrogens is 380 g/mol. The number of carbonyl (C=O) groups excluding carboxylic acids is 5. The minimum Gasteiger partial charge on any atom is -0.465 e. The number of anilines is 1. The van der Waals surface area contributed by atoms with Gasteiger partial charge in [0.25, 0.3) is 0 Å². The maximum atomic E-state index is 12.5. The Bertz CT molecular complexity index is 861. The van der Waals surface area contributed by atoms with Crippen molar-refractivity contribution < 1.29 is 33.4 Å². The number of fused-ring (bicyclic) bond motifs is 1. The fraction of sp³-hybridized carbons (Fsp3) is 0.350. The Labute approximate surface area is 166 Å². The molecule has 1 aromatic rings. The number of allylic oxidation sites excluding steroid dienone is 2. The normalized spacial score (nSPS) is 20.3. The first-order valence-electron chi connectivity index (χ1n) is 8.97. The van der Waals surface area contributed by atoms with Gasteiger partial charge in [0.05, 0.1) is 37.2 Å². The maximum absolute atomic E-state index is 12.5. The number of nitrogens with one attached hydrogen (secondary N) is 1. The highest BCUT2D eigenvalue weighted by molar-refractivity contribution is 6.09. The van der Waals surface area contributed by atoms with Gasteiger partial charge in [-0.05, 0) is 31.0 Å². The van der Waals surface area contributed by atoms with Crippen LogP contribution in [0.2, 0.25) is 0 Å². The van der Waals surface area contributed by atoms with Crippen molar-refractivity contribution in [2.75, 3.05) is 26.1 Å². The van der Waals surface area contributed by atoms with E-state index in [4.69, 9.17) is 0 Å². The van der Waals surface area contributed by atoms with Gasteiger partial charge in [0.2, 0.25) is 17.7 Å². The van der Waals surface area contributed by atoms with E-state index >= 15 is 0 Å². The lowest BCUT2D eigenvalue weighted by molar-refractivity contribution is -0.142. The third kappa shape index (κ3) is 4.03. The van der Waals surface area contributed by atoms with E-state index in [2.05, 4.69) is 14.8 Å². The van der Waals surface area contributed by atoms with Gasteiger partial charge in [0.1, 0.15) is 6.54 Å². The summed E-state index contributed by atoms with van der Waals surface area (Å²) in [5, 5.41) is 2.51. The summed E-state index contributed by atoms with van der Waals surface area (Å²) in [6.07, 6.45) is 4.69. The number of benzene rings is 1. The van der Waals surface area contributed by atoms with Crippen molar-refractivity contribution in [3.63, 3.8) is 0 Å². The molecule has 29 heavy (non-hydrogen) atoms. The number of likely N-dealkylation sites (tertiary alicyclic amines) is 1. The van der Waals surface area contributed by atoms with Gasteiger partial charge in [-0.1, -0.05) is 12.2 Å². The number of hydrogen-bond acceptors (Lipinski definition) is 7. The van der Waals surface area contributed by atoms with E-state index in [0.717, 1.165) is 4.90 Å². The maximum Gasteiger partial charge on any atom is 0.337 e. The van der Waals surface area contributed by atoms with E-state index < -0.39 is 36.2 Å². The molecule has 1 N–H and O–H groups in total. The minimum absolute atomic E-state index is 0.0381. The number of amides is 3. The smallest absolute Gasteiger partial charge is 0.337 e. The van der Waals surface area contributed by atoms with Crippen LogP contribution < -0.4 is 5.32 Å². The fourth-order valence-electron chi connectivity index (χ4n) is 3.54. The largest absolute Gasteiger partial charge is 0.465 e. The molecule has 1 heterocycles. The van der Waals surface area contributed by atoms with E-state index in [-0.39, 0.29) is 28.6 Å². The molecule has 0 unspecified atom stereocenters. The first-order chi connectivity index (χ1) is 13.8. The number of nitrogens with zero attached hydrogens (tertiary/aromatic N) is 1. The van der Waals surface area contributed by atoms with E-state index in [1.807, 2.05) is 12.2 Å². The summed E-state index contributed by atoms with van der Waals surface area (Å²) in [5.41, 5.74) is 0.212. The number of hydrogen-bond donors (Lipinski definition) is 1. The lowest BCUT2D eigenvalue weighted by atomic mass is 9.85. The Balaban J connectivity index is 1.76. The highest BCUT2D eigenvalue weighted by Crippen LogP contribution is 2.34. The molecule has 152 valence electrons. The van der Waals surface area contributed by atoms with Gasteiger partial charge >= 0.3 is 11.9 Å². The molecule has 2 aliphatic rings. The van der Waals surface area contributed by atoms with Crippen molar-refractivity contribution >= 4 is 35.3 Å². The Hall–Kier alpha value is -3.49. The first kappa shape index (κ1) is 20.2. The molecule has 0 aromatic heterocycles. The van der Waals surface area contributed by atoms with E-state index in [1.165, 1.54) is 32.4 Å². The third-order valence-electron chi connectivity index (χ3n) is 4.96. The second-order valence-corrected chi connectivity index (χ2v) is 6.75. The molecule has 0 bridgehead atoms. The molecule has 1 saturated heterocycles. The van der Waals surface area contributed by atoms with Gasteiger partial charge in [-0.2, -0.15) is 0 Å². The van der Waals surface area contributed by atoms with Crippen molar-refractivity contribution in [1.82, 2.24) is 4.90 Å². The molecule has 1 fully saturated rings. The predicted molar refractivity (Wildman–Crippen MR) is 99.8 cm³/mol. The Morgan fingerprint density at radius 2 is 1.41 bits per heavy atom. The number of methoxy groups -OCH3 is 2. The van der Waals surface area contributed by atoms with Crippen LogP contribution in [0.15, 0.2) is 30.4 Å². The molecule has 0 spiro atoms. The lowest BCUT2D eigenvalue weighted by Crippen LogP contribution is -2.38. The number of esters is 2. The summed E-state index contributed by atoms with van der Waals surface area (Å²) in [6.45, 7) is -0.444. The van der Waals surface area contributed by atoms with Crippen LogP contribution in [0.1, 0.15) is 33.6 Å². The quantitative estimate of drug-likeness (QED) is 0.447. The van der Waals surface area contributed by atoms with Gasteiger partial charge in [-0.15, -0.1) is 0 Å². The SMILES string of the molecule is COC(=O)c1cc(NC(=O)CN2C(=O)[C@H]3CC=CC[C@@H]3C2=O)cc(C(=O)OC)c1. The van der Waals surface area contributed by atoms with Crippen molar-refractivity contribution in [1.29, 1.82) is 0 Å². The van der Waals surface area contributed by atoms with Crippen molar-refractivity contribution in [2.24, 2.45) is 11.8 Å². The minimum atomic E-state index is -0.701. The predicted octanol–water partition coefficient (Wildman–Crippen LogP) is 1.15. The average Bonchev–Trinajstić information content (AvgIpc) is 2.97. The Kier molecular flexibility index (Phi) is 5.76. The van der Waals surface area contributed by atoms with Gasteiger partial charge in [0.15, 0.2) is 0 Å². The third-order valence-corrected chi connectivity index (χ3v) is 4.96. The average molecular weight is 400 g/mol. The summed E-state index contributed by atoms with van der Waals surface area (Å²) >= 11 is 0. The number of ether oxygens (including phenoxy) is 2. The fourth-order valence-corrected chi connectivity index (χ4v) is 3.54. The molecule has 3 rings (SSSR count). The summed E-state index contributed by atoms with van der Waals surface area (Å²) in [5.74, 6) is -3.60. The first-order valence-corrected chi connectivity index (χ1v) is 8.97. The van der Waals surface area contributed by atoms with Crippen molar-refractivity contribution in [2.45, 2.75) is 12.8 Å². The topological polar surface area (TPSA) is 119 Å². The van der Waals surface area contributed by atoms with Crippen LogP contribution >= 0.6 is 0 Å². The molecule has 0 saturated carbocycles. The van der Waals surface area contributed by atoms with Crippen LogP contribution in [0.25, 0.3) is 0 Å². The monoisotopic (exact) mass is 400 g/mol. The molecule has 9 heteroatoms. The van der Waals surface area contributed by atoms with Crippen molar-refractivity contribution in [3.8, 4) is 0 Å². The van der Waals surface area contributed by atoms with E-state index in [9.17, 15) is 24.0 Å². The standard InChI is InChI=1S/C20H20N2O7/c1-28-19(26)11-7-12(20(27)29-2)9-13(8-11)21-16(23)10-22-17(24)14-5-3-4-6-15(14)18(22)25/h3-4,7-9,14-15H,5-6,10H2,1-2H3,(H,21,23)/t14-,15-/m0/s1. The molecular formula is C20H20N2O7. The summed E-state index contributed by atoms with van der Waals surface area (Å²) < 4.78 is 9.29. The number of imide groups is 1. The second kappa shape index (κ2) is 8.26. The van der Waals surface area contributed by atoms with E-state index in [1.54, 1.807) is 0 Å². The Morgan fingerprint density at radius 3 is 1.86 bits per heavy atom. The van der Waals surface area contributed by atoms with Gasteiger partial charge in [0, 0.05) is 5.69 Å².